The third-order valence-electron chi connectivity index (χ3n) is 18.2. The number of hydrogen-bond acceptors (Lipinski definition) is 2. The number of aromatic nitrogens is 4. The van der Waals surface area contributed by atoms with Crippen molar-refractivity contribution in [1.29, 1.82) is 0 Å². The summed E-state index contributed by atoms with van der Waals surface area (Å²) in [5, 5.41) is 9.78. The molecule has 0 atom stereocenters. The Morgan fingerprint density at radius 2 is 0.349 bits per heavy atom. The minimum absolute atomic E-state index is 0.708. The Balaban J connectivity index is 0.958. The van der Waals surface area contributed by atoms with Crippen LogP contribution in [0, 0.1) is 55.4 Å². The number of benzene rings is 12. The van der Waals surface area contributed by atoms with Crippen LogP contribution in [0.25, 0.3) is 132 Å². The van der Waals surface area contributed by atoms with E-state index in [2.05, 4.69) is 292 Å². The maximum atomic E-state index is 7.82. The van der Waals surface area contributed by atoms with E-state index in [1.54, 1.807) is 0 Å². The molecule has 0 aliphatic carbocycles. The number of rotatable bonds is 4. The largest absolute Gasteiger partial charge is 0.456 e. The van der Waals surface area contributed by atoms with Crippen LogP contribution in [0.4, 0.5) is 0 Å². The van der Waals surface area contributed by atoms with E-state index in [4.69, 9.17) is 9.47 Å². The van der Waals surface area contributed by atoms with Crippen molar-refractivity contribution in [3.63, 3.8) is 0 Å². The van der Waals surface area contributed by atoms with Crippen LogP contribution in [0.2, 0.25) is 0 Å². The second-order valence-electron chi connectivity index (χ2n) is 24.4. The molecule has 0 amide bonds. The highest BCUT2D eigenvalue weighted by Crippen LogP contribution is 2.51. The van der Waals surface area contributed by atoms with Gasteiger partial charge in [-0.25, -0.2) is 0 Å². The highest BCUT2D eigenvalue weighted by atomic mass is 16.5. The lowest BCUT2D eigenvalue weighted by Crippen LogP contribution is -2.03. The maximum absolute atomic E-state index is 7.82. The van der Waals surface area contributed by atoms with Gasteiger partial charge in [-0.15, -0.1) is 0 Å². The predicted octanol–water partition coefficient (Wildman–Crippen LogP) is 21.8. The standard InChI is InChI=1S/C80H60N4O2/c1-45-9-25-69-61(33-45)62-34-46(2)10-26-70(62)81(69)53-17-21-57-58-22-18-55(83-73-29-13-49(5)37-65(73)66-38-50(6)14-30-74(66)83)43-79(58)86-80-44-56(84-75-31-15-51(7)39-67(75)68-40-52(8)16-32-76(68)84)20-24-60(80)59-23-19-54(42-78(59)85-77(57)41-53)82-71-27-11-47(3)35-63(71)64-36-48(4)12-28-72(64)82/h9-44H,1-8H3. The Morgan fingerprint density at radius 3 is 0.512 bits per heavy atom. The molecular formula is C80H60N4O2. The Hall–Kier alpha value is -10.6. The van der Waals surface area contributed by atoms with Gasteiger partial charge in [0, 0.05) is 112 Å². The Kier molecular flexibility index (Phi) is 10.7. The molecule has 12 aromatic carbocycles. The second kappa shape index (κ2) is 18.5. The van der Waals surface area contributed by atoms with Gasteiger partial charge in [0.25, 0.3) is 0 Å². The summed E-state index contributed by atoms with van der Waals surface area (Å²) in [7, 11) is 0. The van der Waals surface area contributed by atoms with Crippen LogP contribution in [-0.2, 0) is 0 Å². The molecule has 0 bridgehead atoms. The molecular weight excluding hydrogens is 1050 g/mol. The summed E-state index contributed by atoms with van der Waals surface area (Å²) in [6, 6.07) is 81.3. The first-order chi connectivity index (χ1) is 41.8. The zero-order chi connectivity index (χ0) is 58.0. The molecule has 86 heavy (non-hydrogen) atoms. The molecule has 16 aromatic rings. The van der Waals surface area contributed by atoms with E-state index in [-0.39, 0.29) is 0 Å². The average molecular weight is 1110 g/mol. The first-order valence-corrected chi connectivity index (χ1v) is 29.9. The zero-order valence-electron chi connectivity index (χ0n) is 49.4. The maximum Gasteiger partial charge on any atom is 0.137 e. The summed E-state index contributed by atoms with van der Waals surface area (Å²) in [6.45, 7) is 17.4. The Morgan fingerprint density at radius 1 is 0.186 bits per heavy atom. The monoisotopic (exact) mass is 1110 g/mol. The van der Waals surface area contributed by atoms with E-state index >= 15 is 0 Å². The van der Waals surface area contributed by atoms with Crippen molar-refractivity contribution < 1.29 is 9.47 Å². The van der Waals surface area contributed by atoms with Crippen molar-refractivity contribution in [2.24, 2.45) is 0 Å². The quantitative estimate of drug-likeness (QED) is 0.176. The van der Waals surface area contributed by atoms with Gasteiger partial charge < -0.3 is 27.7 Å². The smallest absolute Gasteiger partial charge is 0.137 e. The van der Waals surface area contributed by atoms with Crippen molar-refractivity contribution in [2.75, 3.05) is 0 Å². The molecule has 0 unspecified atom stereocenters. The molecule has 4 aromatic heterocycles. The van der Waals surface area contributed by atoms with Crippen molar-refractivity contribution in [3.05, 3.63) is 263 Å². The molecule has 0 radical (unpaired) electrons. The van der Waals surface area contributed by atoms with Gasteiger partial charge >= 0.3 is 0 Å². The first kappa shape index (κ1) is 50.0. The fourth-order valence-corrected chi connectivity index (χ4v) is 14.2. The van der Waals surface area contributed by atoms with Crippen LogP contribution in [-0.4, -0.2) is 18.3 Å². The second-order valence-corrected chi connectivity index (χ2v) is 24.4. The van der Waals surface area contributed by atoms with E-state index in [0.717, 1.165) is 89.1 Å². The molecule has 17 rings (SSSR count). The van der Waals surface area contributed by atoms with Gasteiger partial charge in [0.05, 0.1) is 44.1 Å². The minimum Gasteiger partial charge on any atom is -0.456 e. The molecule has 412 valence electrons. The summed E-state index contributed by atoms with van der Waals surface area (Å²) in [5.41, 5.74) is 26.5. The van der Waals surface area contributed by atoms with Gasteiger partial charge in [-0.05, 0) is 201 Å². The molecule has 5 heterocycles. The summed E-state index contributed by atoms with van der Waals surface area (Å²) in [4.78, 5) is 0. The summed E-state index contributed by atoms with van der Waals surface area (Å²) in [5.74, 6) is 2.83. The third kappa shape index (κ3) is 7.58. The van der Waals surface area contributed by atoms with E-state index < -0.39 is 0 Å². The number of hydrogen-bond donors (Lipinski definition) is 0. The van der Waals surface area contributed by atoms with Gasteiger partial charge in [0.2, 0.25) is 0 Å². The highest BCUT2D eigenvalue weighted by Gasteiger charge is 2.27. The van der Waals surface area contributed by atoms with Crippen molar-refractivity contribution in [2.45, 2.75) is 55.4 Å². The fraction of sp³-hybridized carbons (Fsp3) is 0.100. The third-order valence-corrected chi connectivity index (χ3v) is 18.2. The number of nitrogens with zero attached hydrogens (tertiary/aromatic N) is 4. The van der Waals surface area contributed by atoms with Crippen LogP contribution in [0.5, 0.6) is 23.0 Å². The molecule has 1 aliphatic rings. The molecule has 0 saturated heterocycles. The summed E-state index contributed by atoms with van der Waals surface area (Å²) in [6.07, 6.45) is 0. The van der Waals surface area contributed by atoms with Gasteiger partial charge in [-0.1, -0.05) is 93.0 Å². The van der Waals surface area contributed by atoms with Crippen molar-refractivity contribution in [1.82, 2.24) is 18.3 Å². The molecule has 6 nitrogen and oxygen atoms in total. The highest BCUT2D eigenvalue weighted by molar-refractivity contribution is 6.13. The van der Waals surface area contributed by atoms with Gasteiger partial charge in [0.1, 0.15) is 23.0 Å². The molecule has 0 N–H and O–H groups in total. The topological polar surface area (TPSA) is 38.2 Å². The van der Waals surface area contributed by atoms with Gasteiger partial charge in [-0.2, -0.15) is 0 Å². The van der Waals surface area contributed by atoms with Crippen LogP contribution in [0.15, 0.2) is 218 Å². The molecule has 0 saturated carbocycles. The molecule has 1 aliphatic heterocycles. The fourth-order valence-electron chi connectivity index (χ4n) is 14.2. The van der Waals surface area contributed by atoms with Crippen molar-refractivity contribution in [3.8, 4) is 68.0 Å². The number of ether oxygens (including phenoxy) is 2. The van der Waals surface area contributed by atoms with E-state index in [1.807, 2.05) is 0 Å². The normalized spacial score (nSPS) is 12.4. The van der Waals surface area contributed by atoms with Crippen LogP contribution in [0.1, 0.15) is 44.5 Å². The lowest BCUT2D eigenvalue weighted by molar-refractivity contribution is 0.472. The lowest BCUT2D eigenvalue weighted by atomic mass is 9.99. The van der Waals surface area contributed by atoms with Crippen LogP contribution >= 0.6 is 0 Å². The van der Waals surface area contributed by atoms with Gasteiger partial charge in [0.15, 0.2) is 0 Å². The Labute approximate surface area is 498 Å². The average Bonchev–Trinajstić information content (AvgIpc) is 1.63. The summed E-state index contributed by atoms with van der Waals surface area (Å²) >= 11 is 0. The van der Waals surface area contributed by atoms with E-state index in [0.29, 0.717) is 23.0 Å². The van der Waals surface area contributed by atoms with Crippen molar-refractivity contribution >= 4 is 87.2 Å². The molecule has 6 heteroatoms. The Bertz CT molecular complexity index is 4710. The summed E-state index contributed by atoms with van der Waals surface area (Å²) < 4.78 is 25.2. The lowest BCUT2D eigenvalue weighted by Gasteiger charge is -2.24. The minimum atomic E-state index is 0.708. The van der Waals surface area contributed by atoms with E-state index in [9.17, 15) is 0 Å². The molecule has 0 spiro atoms. The van der Waals surface area contributed by atoms with E-state index in [1.165, 1.54) is 87.6 Å². The van der Waals surface area contributed by atoms with Crippen LogP contribution in [0.3, 0.4) is 0 Å². The van der Waals surface area contributed by atoms with Gasteiger partial charge in [-0.3, -0.25) is 0 Å². The molecule has 0 fully saturated rings. The number of fused-ring (bicyclic) bond motifs is 18. The SMILES string of the molecule is Cc1ccc2c(c1)c1cc(C)ccc1n2-c1ccc2c(c1)Oc1cc(-n3c4ccc(C)cc4c4cc(C)ccc43)ccc1-c1ccc(-n3c4ccc(C)cc4c4cc(C)ccc43)cc1Oc1cc(-n3c4ccc(C)cc4c4cc(C)ccc43)ccc1-2. The predicted molar refractivity (Wildman–Crippen MR) is 359 cm³/mol. The van der Waals surface area contributed by atoms with Crippen LogP contribution < -0.4 is 9.47 Å². The first-order valence-electron chi connectivity index (χ1n) is 29.9. The number of aryl methyl sites for hydroxylation is 8. The zero-order valence-corrected chi connectivity index (χ0v) is 49.4.